The first-order chi connectivity index (χ1) is 51.6. The van der Waals surface area contributed by atoms with Crippen LogP contribution < -0.4 is 16.0 Å². The second-order valence-electron chi connectivity index (χ2n) is 27.5. The Hall–Kier alpha value is -3.31. The smallest absolute Gasteiger partial charge is 0.217 e. The highest BCUT2D eigenvalue weighted by Gasteiger charge is 2.60. The molecule has 109 heavy (non-hydrogen) atoms. The van der Waals surface area contributed by atoms with Crippen molar-refractivity contribution >= 4 is 17.7 Å². The van der Waals surface area contributed by atoms with Crippen molar-refractivity contribution in [2.24, 2.45) is 0 Å². The molecule has 0 saturated carbocycles. The summed E-state index contributed by atoms with van der Waals surface area (Å²) in [7, 11) is 0. The first kappa shape index (κ1) is 89.6. The van der Waals surface area contributed by atoms with Crippen molar-refractivity contribution in [2.75, 3.05) is 59.5 Å². The Bertz CT molecular complexity index is 2840. The Morgan fingerprint density at radius 3 is 0.963 bits per heavy atom. The van der Waals surface area contributed by atoms with E-state index in [0.29, 0.717) is 0 Å². The lowest BCUT2D eigenvalue weighted by atomic mass is 9.94. The Morgan fingerprint density at radius 2 is 0.514 bits per heavy atom. The van der Waals surface area contributed by atoms with Crippen molar-refractivity contribution < 1.29 is 228 Å². The zero-order valence-electron chi connectivity index (χ0n) is 58.1. The minimum Gasteiger partial charge on any atom is -0.394 e. The van der Waals surface area contributed by atoms with Gasteiger partial charge in [-0.2, -0.15) is 0 Å². The number of rotatable bonds is 28. The summed E-state index contributed by atoms with van der Waals surface area (Å²) < 4.78 is 99.7. The van der Waals surface area contributed by atoms with Crippen LogP contribution in [0.4, 0.5) is 0 Å². The molecule has 9 aliphatic rings. The Morgan fingerprint density at radius 1 is 0.239 bits per heavy atom. The lowest BCUT2D eigenvalue weighted by Crippen LogP contribution is -2.70. The number of hydrogen-bond acceptors (Lipinski definition) is 46. The van der Waals surface area contributed by atoms with Crippen LogP contribution in [0.2, 0.25) is 0 Å². The van der Waals surface area contributed by atoms with Gasteiger partial charge in [-0.25, -0.2) is 0 Å². The molecule has 9 fully saturated rings. The molecule has 3 amide bonds. The molecule has 9 rings (SSSR count). The predicted octanol–water partition coefficient (Wildman–Crippen LogP) is -20.2. The number of carbonyl (C=O) groups excluding carboxylic acids is 3. The number of carbonyl (C=O) groups is 3. The molecular weight excluding hydrogens is 1500 g/mol. The van der Waals surface area contributed by atoms with E-state index in [2.05, 4.69) is 16.0 Å². The molecule has 9 aliphatic heterocycles. The molecule has 632 valence electrons. The number of amides is 3. The van der Waals surface area contributed by atoms with Gasteiger partial charge in [-0.1, -0.05) is 0 Å². The molecule has 49 nitrogen and oxygen atoms in total. The topological polar surface area (TPSA) is 770 Å². The van der Waals surface area contributed by atoms with E-state index in [1.807, 2.05) is 0 Å². The van der Waals surface area contributed by atoms with Crippen molar-refractivity contribution in [3.63, 3.8) is 0 Å². The summed E-state index contributed by atoms with van der Waals surface area (Å²) >= 11 is 0. The summed E-state index contributed by atoms with van der Waals surface area (Å²) in [6.07, 6.45) is -88.1. The second-order valence-corrected chi connectivity index (χ2v) is 27.5. The number of aliphatic hydroxyl groups is 26. The highest BCUT2D eigenvalue weighted by molar-refractivity contribution is 5.74. The third-order valence-corrected chi connectivity index (χ3v) is 19.9. The number of nitrogens with one attached hydrogen (secondary N) is 3. The molecular formula is C60H101N3O46. The molecule has 49 heteroatoms. The fourth-order valence-electron chi connectivity index (χ4n) is 13.9. The van der Waals surface area contributed by atoms with Gasteiger partial charge in [0, 0.05) is 20.8 Å². The molecule has 0 bridgehead atoms. The minimum atomic E-state index is -2.55. The monoisotopic (exact) mass is 1600 g/mol. The average molecular weight is 1600 g/mol. The van der Waals surface area contributed by atoms with Gasteiger partial charge in [0.2, 0.25) is 17.7 Å². The maximum absolute atomic E-state index is 13.0. The summed E-state index contributed by atoms with van der Waals surface area (Å²) in [5.74, 6) is -2.60. The van der Waals surface area contributed by atoms with E-state index in [1.54, 1.807) is 0 Å². The van der Waals surface area contributed by atoms with Gasteiger partial charge >= 0.3 is 0 Å². The van der Waals surface area contributed by atoms with Crippen LogP contribution in [0.25, 0.3) is 0 Å². The van der Waals surface area contributed by atoms with E-state index in [-0.39, 0.29) is 0 Å². The number of hydrogen-bond donors (Lipinski definition) is 29. The number of ether oxygens (including phenoxy) is 17. The summed E-state index contributed by atoms with van der Waals surface area (Å²) in [5.41, 5.74) is 0. The van der Waals surface area contributed by atoms with Gasteiger partial charge in [0.25, 0.3) is 0 Å². The third kappa shape index (κ3) is 19.7. The van der Waals surface area contributed by atoms with Crippen molar-refractivity contribution in [1.82, 2.24) is 16.0 Å². The van der Waals surface area contributed by atoms with Gasteiger partial charge in [-0.15, -0.1) is 0 Å². The fraction of sp³-hybridized carbons (Fsp3) is 0.950. The first-order valence-electron chi connectivity index (χ1n) is 34.6. The van der Waals surface area contributed by atoms with Gasteiger partial charge in [0.1, 0.15) is 220 Å². The van der Waals surface area contributed by atoms with Gasteiger partial charge in [0.15, 0.2) is 56.6 Å². The normalized spacial score (nSPS) is 50.0. The quantitative estimate of drug-likeness (QED) is 0.0346. The molecule has 9 saturated heterocycles. The molecule has 0 spiro atoms. The molecule has 45 atom stereocenters. The van der Waals surface area contributed by atoms with Gasteiger partial charge in [-0.05, 0) is 0 Å². The molecule has 9 heterocycles. The van der Waals surface area contributed by atoms with E-state index in [4.69, 9.17) is 80.5 Å². The van der Waals surface area contributed by atoms with E-state index < -0.39 is 353 Å². The first-order valence-corrected chi connectivity index (χ1v) is 34.6. The van der Waals surface area contributed by atoms with Crippen molar-refractivity contribution in [3.05, 3.63) is 0 Å². The van der Waals surface area contributed by atoms with Crippen LogP contribution in [-0.2, 0) is 94.9 Å². The summed E-state index contributed by atoms with van der Waals surface area (Å²) in [5, 5.41) is 294. The van der Waals surface area contributed by atoms with Crippen LogP contribution in [0.3, 0.4) is 0 Å². The Labute approximate surface area is 616 Å². The van der Waals surface area contributed by atoms with Crippen LogP contribution in [0.5, 0.6) is 0 Å². The van der Waals surface area contributed by atoms with Crippen LogP contribution in [0.1, 0.15) is 20.8 Å². The van der Waals surface area contributed by atoms with E-state index in [1.165, 1.54) is 0 Å². The maximum atomic E-state index is 13.0. The lowest BCUT2D eigenvalue weighted by Gasteiger charge is -2.51. The fourth-order valence-corrected chi connectivity index (χ4v) is 13.9. The van der Waals surface area contributed by atoms with Crippen molar-refractivity contribution in [3.8, 4) is 0 Å². The molecule has 0 aromatic carbocycles. The highest BCUT2D eigenvalue weighted by Crippen LogP contribution is 2.39. The van der Waals surface area contributed by atoms with Crippen molar-refractivity contribution in [1.29, 1.82) is 0 Å². The Kier molecular flexibility index (Phi) is 32.1. The standard InChI is InChI=1S/C60H101N3O46/c1-13(71)61-25-36(82)46(21(9-69)95-52(25)92)104-54-27(63-15(3)73)37(83)47(22(10-70)101-54)105-58-45(91)49(107-60-51(41(87)32(78)20(8-68)100-60)108-53-26(62-14(2)72)35(81)28(74)16(4-64)96-53)34(80)24(103-58)11-93-55-44(90)48(106-56-42(88)38(84)29(75)17(5-65)97-56)33(79)23(102-55)12-94-59-50(40(86)31(77)19(7-67)99-59)109-57-43(89)39(85)30(76)18(6-66)98-57/h16-60,64-70,74-92H,4-12H2,1-3H3,(H,61,71)(H,62,72)(H,63,73)/t16-,17-,18-,19-,20-,21-,22-,23-,24-,25-,26-,27-,28-,29-,30-,31-,32-,33-,34-,35-,36-,37-,38+,39+,40+,41+,42+,43+,44+,45+,46-,47-,48+,49+,50+,51+,52?,53+,54+,55+,56-,57-,58+,59+,60-/m1/s1. The molecule has 1 unspecified atom stereocenters. The largest absolute Gasteiger partial charge is 0.394 e. The third-order valence-electron chi connectivity index (χ3n) is 19.9. The SMILES string of the molecule is CC(=O)N[C@H]1[C@H](O[C@H]2[C@H](O)[C@@H](NC(C)=O)C(O)O[C@@H]2CO)O[C@H](CO)[C@@H](O[C@@H]2O[C@H](CO[C@H]3O[C@H](CO[C@H]4O[C@H](CO)[C@@H](O)[C@H](O)[C@@H]4O[C@H]4O[C@H](CO)[C@@H](O)[C@H](O)[C@@H]4O)[C@@H](O)[C@H](O[C@H]4O[C@H](CO)[C@@H](O)[C@H](O)[C@@H]4O)[C@@H]3O)[C@@H](O)[C@H](O[C@H]3O[C@H](CO)[C@@H](O)[C@H](O)[C@@H]3O[C@@H]3O[C@H](CO)[C@@H](O)[C@H](O)[C@H]3NC(C)=O)[C@@H]2O)[C@@H]1O. The molecule has 0 aromatic heterocycles. The van der Waals surface area contributed by atoms with Crippen LogP contribution in [0.15, 0.2) is 0 Å². The van der Waals surface area contributed by atoms with E-state index in [9.17, 15) is 147 Å². The molecule has 0 radical (unpaired) electrons. The van der Waals surface area contributed by atoms with E-state index >= 15 is 0 Å². The lowest BCUT2D eigenvalue weighted by molar-refractivity contribution is -0.396. The van der Waals surface area contributed by atoms with E-state index in [0.717, 1.165) is 20.8 Å². The predicted molar refractivity (Wildman–Crippen MR) is 332 cm³/mol. The minimum absolute atomic E-state index is 0.786. The zero-order chi connectivity index (χ0) is 80.2. The van der Waals surface area contributed by atoms with Crippen LogP contribution in [0, 0.1) is 0 Å². The number of aliphatic hydroxyl groups excluding tert-OH is 26. The molecule has 29 N–H and O–H groups in total. The summed E-state index contributed by atoms with van der Waals surface area (Å²) in [6.45, 7) is -6.83. The van der Waals surface area contributed by atoms with Gasteiger partial charge < -0.3 is 229 Å². The van der Waals surface area contributed by atoms with Crippen LogP contribution >= 0.6 is 0 Å². The average Bonchev–Trinajstić information content (AvgIpc) is 0.779. The van der Waals surface area contributed by atoms with Crippen LogP contribution in [-0.4, -0.2) is 486 Å². The Balaban J connectivity index is 1.06. The summed E-state index contributed by atoms with van der Waals surface area (Å²) in [4.78, 5) is 37.6. The zero-order valence-corrected chi connectivity index (χ0v) is 58.1. The molecule has 0 aromatic rings. The van der Waals surface area contributed by atoms with Gasteiger partial charge in [-0.3, -0.25) is 14.4 Å². The maximum Gasteiger partial charge on any atom is 0.217 e. The summed E-state index contributed by atoms with van der Waals surface area (Å²) in [6, 6.07) is -5.36. The highest BCUT2D eigenvalue weighted by atomic mass is 16.8. The van der Waals surface area contributed by atoms with Crippen molar-refractivity contribution in [2.45, 2.75) is 297 Å². The molecule has 0 aliphatic carbocycles. The van der Waals surface area contributed by atoms with Gasteiger partial charge in [0.05, 0.1) is 59.5 Å². The second kappa shape index (κ2) is 39.1.